The first-order valence-electron chi connectivity index (χ1n) is 7.46. The fourth-order valence-electron chi connectivity index (χ4n) is 2.53. The molecule has 20 heavy (non-hydrogen) atoms. The van der Waals surface area contributed by atoms with Crippen molar-refractivity contribution >= 4 is 0 Å². The number of likely N-dealkylation sites (tertiary alicyclic amines) is 1. The van der Waals surface area contributed by atoms with E-state index < -0.39 is 0 Å². The summed E-state index contributed by atoms with van der Waals surface area (Å²) in [5, 5.41) is 3.50. The van der Waals surface area contributed by atoms with Gasteiger partial charge in [0.2, 0.25) is 0 Å². The number of rotatable bonds is 8. The molecule has 112 valence electrons. The highest BCUT2D eigenvalue weighted by Crippen LogP contribution is 2.13. The first-order valence-corrected chi connectivity index (χ1v) is 7.46. The van der Waals surface area contributed by atoms with E-state index in [1.165, 1.54) is 5.56 Å². The van der Waals surface area contributed by atoms with Gasteiger partial charge in [-0.2, -0.15) is 0 Å². The van der Waals surface area contributed by atoms with Crippen LogP contribution < -0.4 is 5.32 Å². The molecular formula is C16H26N2O2. The van der Waals surface area contributed by atoms with E-state index in [0.717, 1.165) is 45.6 Å². The average molecular weight is 278 g/mol. The van der Waals surface area contributed by atoms with Gasteiger partial charge in [0.25, 0.3) is 0 Å². The van der Waals surface area contributed by atoms with Gasteiger partial charge >= 0.3 is 0 Å². The molecule has 0 spiro atoms. The number of benzene rings is 1. The van der Waals surface area contributed by atoms with E-state index in [0.29, 0.717) is 12.9 Å². The molecule has 1 aliphatic heterocycles. The van der Waals surface area contributed by atoms with E-state index in [1.807, 2.05) is 0 Å². The molecule has 0 aromatic heterocycles. The Balaban J connectivity index is 1.53. The second-order valence-electron chi connectivity index (χ2n) is 5.28. The van der Waals surface area contributed by atoms with Gasteiger partial charge in [-0.25, -0.2) is 0 Å². The molecule has 4 nitrogen and oxygen atoms in total. The van der Waals surface area contributed by atoms with Crippen LogP contribution in [0.1, 0.15) is 18.4 Å². The van der Waals surface area contributed by atoms with Crippen molar-refractivity contribution < 1.29 is 9.47 Å². The summed E-state index contributed by atoms with van der Waals surface area (Å²) in [7, 11) is 1.67. The molecule has 0 bridgehead atoms. The molecule has 0 saturated carbocycles. The number of hydrogen-bond donors (Lipinski definition) is 1. The van der Waals surface area contributed by atoms with E-state index in [2.05, 4.69) is 40.5 Å². The van der Waals surface area contributed by atoms with Crippen molar-refractivity contribution in [3.63, 3.8) is 0 Å². The highest BCUT2D eigenvalue weighted by molar-refractivity contribution is 5.14. The smallest absolute Gasteiger partial charge is 0.146 e. The summed E-state index contributed by atoms with van der Waals surface area (Å²) in [6.45, 7) is 5.78. The van der Waals surface area contributed by atoms with Crippen molar-refractivity contribution in [2.75, 3.05) is 40.1 Å². The Bertz CT molecular complexity index is 351. The minimum atomic E-state index is 0.378. The maximum atomic E-state index is 5.60. The highest BCUT2D eigenvalue weighted by Gasteiger charge is 2.18. The minimum Gasteiger partial charge on any atom is -0.359 e. The predicted molar refractivity (Wildman–Crippen MR) is 80.6 cm³/mol. The minimum absolute atomic E-state index is 0.378. The standard InChI is InChI=1S/C16H26N2O2/c1-19-14-20-16-7-10-18(11-8-16)12-9-17-13-15-5-3-2-4-6-15/h2-6,16-17H,7-14H2,1H3. The third-order valence-electron chi connectivity index (χ3n) is 3.73. The molecule has 2 rings (SSSR count). The van der Waals surface area contributed by atoms with E-state index in [9.17, 15) is 0 Å². The van der Waals surface area contributed by atoms with Gasteiger partial charge in [0.15, 0.2) is 0 Å². The van der Waals surface area contributed by atoms with Crippen molar-refractivity contribution in [3.05, 3.63) is 35.9 Å². The van der Waals surface area contributed by atoms with Gasteiger partial charge < -0.3 is 19.7 Å². The monoisotopic (exact) mass is 278 g/mol. The Morgan fingerprint density at radius 2 is 1.95 bits per heavy atom. The van der Waals surface area contributed by atoms with Crippen molar-refractivity contribution in [3.8, 4) is 0 Å². The van der Waals surface area contributed by atoms with Crippen LogP contribution in [-0.2, 0) is 16.0 Å². The number of methoxy groups -OCH3 is 1. The SMILES string of the molecule is COCOC1CCN(CCNCc2ccccc2)CC1. The third kappa shape index (κ3) is 5.59. The summed E-state index contributed by atoms with van der Waals surface area (Å²) in [6, 6.07) is 10.5. The van der Waals surface area contributed by atoms with Gasteiger partial charge in [0.1, 0.15) is 6.79 Å². The van der Waals surface area contributed by atoms with Crippen molar-refractivity contribution in [1.29, 1.82) is 0 Å². The Labute approximate surface area is 122 Å². The number of nitrogens with one attached hydrogen (secondary N) is 1. The Kier molecular flexibility index (Phi) is 7.01. The molecule has 1 fully saturated rings. The molecule has 1 saturated heterocycles. The first kappa shape index (κ1) is 15.4. The maximum absolute atomic E-state index is 5.60. The van der Waals surface area contributed by atoms with Crippen LogP contribution in [0, 0.1) is 0 Å². The zero-order valence-corrected chi connectivity index (χ0v) is 12.4. The fraction of sp³-hybridized carbons (Fsp3) is 0.625. The maximum Gasteiger partial charge on any atom is 0.146 e. The first-order chi connectivity index (χ1) is 9.88. The van der Waals surface area contributed by atoms with E-state index >= 15 is 0 Å². The van der Waals surface area contributed by atoms with E-state index in [1.54, 1.807) is 7.11 Å². The number of hydrogen-bond acceptors (Lipinski definition) is 4. The summed E-state index contributed by atoms with van der Waals surface area (Å²) in [5.74, 6) is 0. The van der Waals surface area contributed by atoms with Crippen LogP contribution in [0.15, 0.2) is 30.3 Å². The van der Waals surface area contributed by atoms with Crippen LogP contribution in [0.4, 0.5) is 0 Å². The summed E-state index contributed by atoms with van der Waals surface area (Å²) < 4.78 is 10.5. The molecule has 0 amide bonds. The second-order valence-corrected chi connectivity index (χ2v) is 5.28. The summed E-state index contributed by atoms with van der Waals surface area (Å²) in [4.78, 5) is 2.50. The molecule has 1 aromatic carbocycles. The normalized spacial score (nSPS) is 17.4. The molecule has 0 radical (unpaired) electrons. The van der Waals surface area contributed by atoms with Gasteiger partial charge in [-0.3, -0.25) is 0 Å². The van der Waals surface area contributed by atoms with Crippen LogP contribution in [0.3, 0.4) is 0 Å². The summed E-state index contributed by atoms with van der Waals surface area (Å²) >= 11 is 0. The third-order valence-corrected chi connectivity index (χ3v) is 3.73. The van der Waals surface area contributed by atoms with Crippen LogP contribution in [-0.4, -0.2) is 51.1 Å². The molecule has 0 unspecified atom stereocenters. The van der Waals surface area contributed by atoms with Gasteiger partial charge in [-0.15, -0.1) is 0 Å². The van der Waals surface area contributed by atoms with Crippen molar-refractivity contribution in [1.82, 2.24) is 10.2 Å². The fourth-order valence-corrected chi connectivity index (χ4v) is 2.53. The zero-order valence-electron chi connectivity index (χ0n) is 12.4. The van der Waals surface area contributed by atoms with Crippen LogP contribution in [0.2, 0.25) is 0 Å². The topological polar surface area (TPSA) is 33.7 Å². The number of ether oxygens (including phenoxy) is 2. The number of piperidine rings is 1. The predicted octanol–water partition coefficient (Wildman–Crippen LogP) is 1.86. The van der Waals surface area contributed by atoms with Gasteiger partial charge in [-0.05, 0) is 18.4 Å². The van der Waals surface area contributed by atoms with Crippen LogP contribution in [0.5, 0.6) is 0 Å². The molecule has 1 heterocycles. The zero-order chi connectivity index (χ0) is 14.0. The Morgan fingerprint density at radius 3 is 2.65 bits per heavy atom. The molecule has 4 heteroatoms. The highest BCUT2D eigenvalue weighted by atomic mass is 16.7. The lowest BCUT2D eigenvalue weighted by molar-refractivity contribution is -0.0884. The lowest BCUT2D eigenvalue weighted by Gasteiger charge is -2.31. The van der Waals surface area contributed by atoms with Gasteiger partial charge in [-0.1, -0.05) is 30.3 Å². The summed E-state index contributed by atoms with van der Waals surface area (Å²) in [6.07, 6.45) is 2.60. The van der Waals surface area contributed by atoms with E-state index in [-0.39, 0.29) is 0 Å². The van der Waals surface area contributed by atoms with Gasteiger partial charge in [0, 0.05) is 39.8 Å². The number of nitrogens with zero attached hydrogens (tertiary/aromatic N) is 1. The molecule has 1 N–H and O–H groups in total. The molecule has 1 aromatic rings. The van der Waals surface area contributed by atoms with E-state index in [4.69, 9.17) is 9.47 Å². The van der Waals surface area contributed by atoms with Crippen molar-refractivity contribution in [2.24, 2.45) is 0 Å². The summed E-state index contributed by atoms with van der Waals surface area (Å²) in [5.41, 5.74) is 1.35. The Morgan fingerprint density at radius 1 is 1.20 bits per heavy atom. The van der Waals surface area contributed by atoms with Crippen molar-refractivity contribution in [2.45, 2.75) is 25.5 Å². The molecule has 0 atom stereocenters. The lowest BCUT2D eigenvalue weighted by Crippen LogP contribution is -2.40. The van der Waals surface area contributed by atoms with Crippen LogP contribution >= 0.6 is 0 Å². The lowest BCUT2D eigenvalue weighted by atomic mass is 10.1. The second kappa shape index (κ2) is 9.08. The Hall–Kier alpha value is -0.940. The molecule has 1 aliphatic rings. The molecule has 0 aliphatic carbocycles. The molecular weight excluding hydrogens is 252 g/mol. The van der Waals surface area contributed by atoms with Crippen LogP contribution in [0.25, 0.3) is 0 Å². The van der Waals surface area contributed by atoms with Gasteiger partial charge in [0.05, 0.1) is 6.10 Å². The largest absolute Gasteiger partial charge is 0.359 e. The average Bonchev–Trinajstić information content (AvgIpc) is 2.52. The quantitative estimate of drug-likeness (QED) is 0.581.